The van der Waals surface area contributed by atoms with E-state index in [1.807, 2.05) is 39.5 Å². The largest absolute Gasteiger partial charge is 0.444 e. The van der Waals surface area contributed by atoms with Crippen molar-refractivity contribution in [2.75, 3.05) is 31.1 Å². The summed E-state index contributed by atoms with van der Waals surface area (Å²) in [7, 11) is 0. The molecule has 4 heteroatoms. The topological polar surface area (TPSA) is 32.8 Å². The normalized spacial score (nSPS) is 20.3. The zero-order valence-corrected chi connectivity index (χ0v) is 16.5. The van der Waals surface area contributed by atoms with Gasteiger partial charge in [-0.3, -0.25) is 0 Å². The minimum Gasteiger partial charge on any atom is -0.444 e. The lowest BCUT2D eigenvalue weighted by molar-refractivity contribution is 0.0292. The van der Waals surface area contributed by atoms with E-state index in [0.29, 0.717) is 5.92 Å². The lowest BCUT2D eigenvalue weighted by atomic mass is 9.98. The first-order valence-electron chi connectivity index (χ1n) is 9.75. The quantitative estimate of drug-likeness (QED) is 0.752. The van der Waals surface area contributed by atoms with Crippen molar-refractivity contribution in [1.82, 2.24) is 4.90 Å². The second-order valence-electron chi connectivity index (χ2n) is 7.70. The van der Waals surface area contributed by atoms with Crippen LogP contribution in [0.5, 0.6) is 0 Å². The summed E-state index contributed by atoms with van der Waals surface area (Å²) in [5.74, 6) is 0.426. The summed E-state index contributed by atoms with van der Waals surface area (Å²) >= 11 is 0. The van der Waals surface area contributed by atoms with Gasteiger partial charge in [-0.05, 0) is 57.7 Å². The molecule has 0 aliphatic carbocycles. The summed E-state index contributed by atoms with van der Waals surface area (Å²) in [6.45, 7) is 13.6. The van der Waals surface area contributed by atoms with Gasteiger partial charge in [0.05, 0.1) is 0 Å². The van der Waals surface area contributed by atoms with Crippen LogP contribution in [-0.4, -0.2) is 42.8 Å². The van der Waals surface area contributed by atoms with Crippen molar-refractivity contribution < 1.29 is 9.53 Å². The van der Waals surface area contributed by atoms with Gasteiger partial charge in [-0.15, -0.1) is 0 Å². The number of benzene rings is 1. The molecule has 2 saturated heterocycles. The van der Waals surface area contributed by atoms with E-state index in [4.69, 9.17) is 4.74 Å². The molecule has 1 aromatic rings. The van der Waals surface area contributed by atoms with Gasteiger partial charge in [0.2, 0.25) is 0 Å². The molecule has 2 aliphatic heterocycles. The molecule has 140 valence electrons. The maximum Gasteiger partial charge on any atom is 0.410 e. The lowest BCUT2D eigenvalue weighted by Crippen LogP contribution is -2.35. The lowest BCUT2D eigenvalue weighted by Gasteiger charge is -2.24. The maximum atomic E-state index is 12.2. The Labute approximate surface area is 153 Å². The van der Waals surface area contributed by atoms with Gasteiger partial charge in [0.25, 0.3) is 0 Å². The summed E-state index contributed by atoms with van der Waals surface area (Å²) in [5.41, 5.74) is 2.24. The molecule has 0 bridgehead atoms. The number of ether oxygens (including phenoxy) is 1. The minimum atomic E-state index is -0.424. The van der Waals surface area contributed by atoms with Gasteiger partial charge in [-0.25, -0.2) is 4.79 Å². The van der Waals surface area contributed by atoms with E-state index in [-0.39, 0.29) is 6.09 Å². The highest BCUT2D eigenvalue weighted by Crippen LogP contribution is 2.30. The van der Waals surface area contributed by atoms with E-state index in [9.17, 15) is 4.79 Å². The van der Waals surface area contributed by atoms with Gasteiger partial charge < -0.3 is 14.5 Å². The molecule has 3 rings (SSSR count). The fourth-order valence-electron chi connectivity index (χ4n) is 3.46. The Morgan fingerprint density at radius 1 is 1.04 bits per heavy atom. The van der Waals surface area contributed by atoms with Crippen molar-refractivity contribution in [3.05, 3.63) is 29.8 Å². The van der Waals surface area contributed by atoms with Gasteiger partial charge in [0.15, 0.2) is 0 Å². The molecule has 0 saturated carbocycles. The highest BCUT2D eigenvalue weighted by molar-refractivity contribution is 5.68. The molecule has 0 N–H and O–H groups in total. The molecule has 0 aromatic heterocycles. The van der Waals surface area contributed by atoms with Crippen molar-refractivity contribution in [3.63, 3.8) is 0 Å². The Kier molecular flexibility index (Phi) is 6.74. The summed E-state index contributed by atoms with van der Waals surface area (Å²) in [6.07, 6.45) is 3.43. The second kappa shape index (κ2) is 8.59. The van der Waals surface area contributed by atoms with E-state index in [1.165, 1.54) is 37.2 Å². The monoisotopic (exact) mass is 346 g/mol. The summed E-state index contributed by atoms with van der Waals surface area (Å²) in [4.78, 5) is 16.5. The average Bonchev–Trinajstić information content (AvgIpc) is 3.27. The Balaban J connectivity index is 0.00000109. The second-order valence-corrected chi connectivity index (χ2v) is 7.70. The molecule has 25 heavy (non-hydrogen) atoms. The van der Waals surface area contributed by atoms with E-state index in [2.05, 4.69) is 29.2 Å². The van der Waals surface area contributed by atoms with E-state index in [0.717, 1.165) is 19.5 Å². The number of hydrogen-bond donors (Lipinski definition) is 0. The molecule has 2 aliphatic rings. The predicted molar refractivity (Wildman–Crippen MR) is 104 cm³/mol. The van der Waals surface area contributed by atoms with Gasteiger partial charge in [-0.1, -0.05) is 26.0 Å². The number of hydrogen-bond acceptors (Lipinski definition) is 3. The van der Waals surface area contributed by atoms with Crippen molar-refractivity contribution in [2.24, 2.45) is 0 Å². The highest BCUT2D eigenvalue weighted by atomic mass is 16.6. The molecule has 1 amide bonds. The zero-order valence-electron chi connectivity index (χ0n) is 16.5. The van der Waals surface area contributed by atoms with Gasteiger partial charge in [0.1, 0.15) is 5.60 Å². The SMILES string of the molecule is CC.CC(C)(C)OC(=O)N1CCC(c2ccc(N3CCCC3)cc2)C1. The molecule has 1 atom stereocenters. The first kappa shape index (κ1) is 19.6. The molecule has 1 unspecified atom stereocenters. The minimum absolute atomic E-state index is 0.186. The average molecular weight is 347 g/mol. The fraction of sp³-hybridized carbons (Fsp3) is 0.667. The van der Waals surface area contributed by atoms with E-state index in [1.54, 1.807) is 0 Å². The first-order valence-corrected chi connectivity index (χ1v) is 9.75. The number of nitrogens with zero attached hydrogens (tertiary/aromatic N) is 2. The standard InChI is InChI=1S/C19H28N2O2.C2H6/c1-19(2,3)23-18(22)21-13-10-16(14-21)15-6-8-17(9-7-15)20-11-4-5-12-20;1-2/h6-9,16H,4-5,10-14H2,1-3H3;1-2H3. The smallest absolute Gasteiger partial charge is 0.410 e. The third kappa shape index (κ3) is 5.38. The Morgan fingerprint density at radius 2 is 1.64 bits per heavy atom. The van der Waals surface area contributed by atoms with Crippen LogP contribution in [0, 0.1) is 0 Å². The maximum absolute atomic E-state index is 12.2. The molecular formula is C21H34N2O2. The zero-order chi connectivity index (χ0) is 18.4. The van der Waals surface area contributed by atoms with Gasteiger partial charge in [-0.2, -0.15) is 0 Å². The molecule has 1 aromatic carbocycles. The van der Waals surface area contributed by atoms with E-state index < -0.39 is 5.60 Å². The van der Waals surface area contributed by atoms with Crippen molar-refractivity contribution in [3.8, 4) is 0 Å². The number of likely N-dealkylation sites (tertiary alicyclic amines) is 1. The van der Waals surface area contributed by atoms with Crippen LogP contribution in [0.3, 0.4) is 0 Å². The third-order valence-electron chi connectivity index (χ3n) is 4.68. The Morgan fingerprint density at radius 3 is 2.20 bits per heavy atom. The van der Waals surface area contributed by atoms with Crippen LogP contribution in [0.15, 0.2) is 24.3 Å². The number of anilines is 1. The molecule has 2 fully saturated rings. The van der Waals surface area contributed by atoms with Crippen LogP contribution in [0.25, 0.3) is 0 Å². The number of carbonyl (C=O) groups is 1. The molecule has 0 spiro atoms. The van der Waals surface area contributed by atoms with Crippen molar-refractivity contribution in [2.45, 2.75) is 65.4 Å². The predicted octanol–water partition coefficient (Wildman–Crippen LogP) is 5.04. The first-order chi connectivity index (χ1) is 11.9. The molecular weight excluding hydrogens is 312 g/mol. The van der Waals surface area contributed by atoms with Crippen LogP contribution in [0.4, 0.5) is 10.5 Å². The van der Waals surface area contributed by atoms with Crippen LogP contribution in [-0.2, 0) is 4.74 Å². The van der Waals surface area contributed by atoms with Gasteiger partial charge in [0, 0.05) is 37.8 Å². The van der Waals surface area contributed by atoms with Crippen molar-refractivity contribution >= 4 is 11.8 Å². The van der Waals surface area contributed by atoms with Crippen LogP contribution in [0.2, 0.25) is 0 Å². The molecule has 4 nitrogen and oxygen atoms in total. The molecule has 0 radical (unpaired) electrons. The van der Waals surface area contributed by atoms with Crippen LogP contribution < -0.4 is 4.90 Å². The summed E-state index contributed by atoms with van der Waals surface area (Å²) in [5, 5.41) is 0. The summed E-state index contributed by atoms with van der Waals surface area (Å²) in [6, 6.07) is 8.93. The Hall–Kier alpha value is -1.71. The van der Waals surface area contributed by atoms with Crippen LogP contribution in [0.1, 0.15) is 65.4 Å². The third-order valence-corrected chi connectivity index (χ3v) is 4.68. The molecule has 2 heterocycles. The number of carbonyl (C=O) groups excluding carboxylic acids is 1. The van der Waals surface area contributed by atoms with Crippen LogP contribution >= 0.6 is 0 Å². The number of rotatable bonds is 2. The fourth-order valence-corrected chi connectivity index (χ4v) is 3.46. The summed E-state index contributed by atoms with van der Waals surface area (Å²) < 4.78 is 5.47. The Bertz CT molecular complexity index is 542. The number of amides is 1. The van der Waals surface area contributed by atoms with E-state index >= 15 is 0 Å². The van der Waals surface area contributed by atoms with Gasteiger partial charge >= 0.3 is 6.09 Å². The van der Waals surface area contributed by atoms with Crippen molar-refractivity contribution in [1.29, 1.82) is 0 Å². The highest BCUT2D eigenvalue weighted by Gasteiger charge is 2.30.